The van der Waals surface area contributed by atoms with E-state index in [1.165, 1.54) is 6.08 Å². The number of carbonyl (C=O) groups excluding carboxylic acids is 1. The van der Waals surface area contributed by atoms with Crippen molar-refractivity contribution in [2.45, 2.75) is 13.5 Å². The molecule has 3 aromatic carbocycles. The van der Waals surface area contributed by atoms with E-state index in [2.05, 4.69) is 47.8 Å². The van der Waals surface area contributed by atoms with Crippen LogP contribution < -0.4 is 35.0 Å². The summed E-state index contributed by atoms with van der Waals surface area (Å²) in [6.45, 7) is 8.62. The molecule has 12 heteroatoms. The molecule has 51 heavy (non-hydrogen) atoms. The molecule has 0 radical (unpaired) electrons. The molecule has 1 aliphatic rings. The Bertz CT molecular complexity index is 2130. The molecule has 0 saturated heterocycles. The molecule has 0 unspecified atom stereocenters. The first kappa shape index (κ1) is 35.0. The quantitative estimate of drug-likeness (QED) is 0.172. The lowest BCUT2D eigenvalue weighted by Gasteiger charge is -2.38. The summed E-state index contributed by atoms with van der Waals surface area (Å²) >= 11 is 0. The Labute approximate surface area is 298 Å². The number of aromatic nitrogens is 3. The number of rotatable bonds is 12. The van der Waals surface area contributed by atoms with Crippen LogP contribution in [0.5, 0.6) is 11.5 Å². The van der Waals surface area contributed by atoms with Gasteiger partial charge in [0.15, 0.2) is 5.65 Å². The molecule has 3 heterocycles. The molecule has 6 rings (SSSR count). The Morgan fingerprint density at radius 3 is 2.47 bits per heavy atom. The highest BCUT2D eigenvalue weighted by Crippen LogP contribution is 2.40. The number of nitrogens with zero attached hydrogens (tertiary/aromatic N) is 7. The zero-order valence-electron chi connectivity index (χ0n) is 30.0. The van der Waals surface area contributed by atoms with Crippen molar-refractivity contribution < 1.29 is 14.3 Å². The van der Waals surface area contributed by atoms with E-state index in [1.54, 1.807) is 29.9 Å². The highest BCUT2D eigenvalue weighted by molar-refractivity contribution is 6.05. The third-order valence-corrected chi connectivity index (χ3v) is 9.14. The minimum Gasteiger partial charge on any atom is -0.497 e. The lowest BCUT2D eigenvalue weighted by molar-refractivity contribution is -0.114. The normalized spacial score (nSPS) is 12.5. The van der Waals surface area contributed by atoms with Crippen LogP contribution in [-0.4, -0.2) is 86.9 Å². The number of likely N-dealkylation sites (N-methyl/N-ethyl adjacent to an activating group) is 2. The van der Waals surface area contributed by atoms with Crippen molar-refractivity contribution in [1.82, 2.24) is 19.4 Å². The fourth-order valence-corrected chi connectivity index (χ4v) is 6.33. The van der Waals surface area contributed by atoms with Crippen molar-refractivity contribution in [3.63, 3.8) is 0 Å². The molecule has 264 valence electrons. The fourth-order valence-electron chi connectivity index (χ4n) is 6.33. The Hall–Kier alpha value is -5.88. The zero-order chi connectivity index (χ0) is 36.2. The number of aryl methyl sites for hydroxylation is 1. The molecule has 1 aliphatic heterocycles. The van der Waals surface area contributed by atoms with Crippen LogP contribution in [0.2, 0.25) is 0 Å². The average molecular weight is 689 g/mol. The van der Waals surface area contributed by atoms with Crippen LogP contribution in [0.3, 0.4) is 0 Å². The summed E-state index contributed by atoms with van der Waals surface area (Å²) in [5, 5.41) is 3.99. The van der Waals surface area contributed by atoms with Gasteiger partial charge in [0.05, 0.1) is 31.3 Å². The number of carbonyl (C=O) groups is 1. The van der Waals surface area contributed by atoms with Gasteiger partial charge in [-0.25, -0.2) is 4.98 Å². The van der Waals surface area contributed by atoms with Gasteiger partial charge in [-0.2, -0.15) is 4.98 Å². The van der Waals surface area contributed by atoms with Crippen LogP contribution >= 0.6 is 0 Å². The first-order valence-electron chi connectivity index (χ1n) is 16.8. The molecule has 0 spiro atoms. The topological polar surface area (TPSA) is 108 Å². The van der Waals surface area contributed by atoms with Crippen LogP contribution in [0.15, 0.2) is 90.4 Å². The molecule has 0 atom stereocenters. The molecule has 0 fully saturated rings. The van der Waals surface area contributed by atoms with Gasteiger partial charge in [0.25, 0.3) is 11.5 Å². The van der Waals surface area contributed by atoms with Crippen LogP contribution in [0.1, 0.15) is 11.1 Å². The van der Waals surface area contributed by atoms with Gasteiger partial charge in [-0.3, -0.25) is 14.2 Å². The third-order valence-electron chi connectivity index (χ3n) is 9.14. The summed E-state index contributed by atoms with van der Waals surface area (Å²) < 4.78 is 12.6. The Morgan fingerprint density at radius 1 is 0.980 bits per heavy atom. The van der Waals surface area contributed by atoms with Crippen molar-refractivity contribution in [1.29, 1.82) is 0 Å². The Balaban J connectivity index is 1.45. The van der Waals surface area contributed by atoms with E-state index in [-0.39, 0.29) is 11.5 Å². The second-order valence-corrected chi connectivity index (χ2v) is 12.7. The third kappa shape index (κ3) is 7.08. The van der Waals surface area contributed by atoms with Crippen LogP contribution in [-0.2, 0) is 11.3 Å². The number of hydrogen-bond acceptors (Lipinski definition) is 10. The summed E-state index contributed by atoms with van der Waals surface area (Å²) in [4.78, 5) is 45.2. The predicted octanol–water partition coefficient (Wildman–Crippen LogP) is 5.39. The maximum absolute atomic E-state index is 14.8. The minimum atomic E-state index is -0.242. The second kappa shape index (κ2) is 14.9. The predicted molar refractivity (Wildman–Crippen MR) is 205 cm³/mol. The maximum atomic E-state index is 14.8. The van der Waals surface area contributed by atoms with Crippen molar-refractivity contribution in [3.05, 3.63) is 107 Å². The second-order valence-electron chi connectivity index (χ2n) is 12.7. The monoisotopic (exact) mass is 688 g/mol. The van der Waals surface area contributed by atoms with Crippen molar-refractivity contribution in [3.8, 4) is 17.2 Å². The van der Waals surface area contributed by atoms with Gasteiger partial charge in [0, 0.05) is 68.7 Å². The van der Waals surface area contributed by atoms with Crippen LogP contribution in [0.4, 0.5) is 28.7 Å². The van der Waals surface area contributed by atoms with Crippen LogP contribution in [0.25, 0.3) is 16.7 Å². The van der Waals surface area contributed by atoms with E-state index in [0.29, 0.717) is 59.5 Å². The van der Waals surface area contributed by atoms with Gasteiger partial charge < -0.3 is 34.4 Å². The van der Waals surface area contributed by atoms with E-state index in [4.69, 9.17) is 14.5 Å². The standard InChI is InChI=1S/C39H44N8O4/c1-8-35(48)46-21-20-45(32-11-9-10-26(2)36(32)46)33-22-28-25-41-39(40-24-27-12-17-31(50-6)23-34(27)51-7)42-37(28)47(38(33)49)30-15-13-29(14-16-30)44(5)19-18-43(3)4/h8-17,22-23,25H,1,18-21,24H2,2-7H3,(H,40,41,42). The maximum Gasteiger partial charge on any atom is 0.280 e. The van der Waals surface area contributed by atoms with E-state index >= 15 is 0 Å². The first-order chi connectivity index (χ1) is 24.6. The molecular formula is C39H44N8O4. The van der Waals surface area contributed by atoms with Gasteiger partial charge >= 0.3 is 0 Å². The smallest absolute Gasteiger partial charge is 0.280 e. The zero-order valence-corrected chi connectivity index (χ0v) is 30.0. The molecule has 0 bridgehead atoms. The minimum absolute atomic E-state index is 0.183. The molecule has 12 nitrogen and oxygen atoms in total. The molecule has 1 N–H and O–H groups in total. The van der Waals surface area contributed by atoms with Gasteiger partial charge in [-0.15, -0.1) is 0 Å². The number of benzene rings is 3. The highest BCUT2D eigenvalue weighted by atomic mass is 16.5. The number of methoxy groups -OCH3 is 2. The number of nitrogens with one attached hydrogen (secondary N) is 1. The van der Waals surface area contributed by atoms with Gasteiger partial charge in [0.2, 0.25) is 5.95 Å². The van der Waals surface area contributed by atoms with E-state index in [1.807, 2.05) is 78.6 Å². The van der Waals surface area contributed by atoms with E-state index in [0.717, 1.165) is 41.3 Å². The number of fused-ring (bicyclic) bond motifs is 2. The average Bonchev–Trinajstić information content (AvgIpc) is 3.15. The molecule has 5 aromatic rings. The summed E-state index contributed by atoms with van der Waals surface area (Å²) in [6, 6.07) is 21.2. The van der Waals surface area contributed by atoms with Crippen LogP contribution in [0, 0.1) is 6.92 Å². The first-order valence-corrected chi connectivity index (χ1v) is 16.8. The SMILES string of the molecule is C=CC(=O)N1CCN(c2cc3cnc(NCc4ccc(OC)cc4OC)nc3n(-c3ccc(N(C)CCN(C)C)cc3)c2=O)c2cccc(C)c21. The number of pyridine rings is 1. The Kier molecular flexibility index (Phi) is 10.2. The van der Waals surface area contributed by atoms with Gasteiger partial charge in [-0.1, -0.05) is 18.7 Å². The van der Waals surface area contributed by atoms with E-state index < -0.39 is 0 Å². The summed E-state index contributed by atoms with van der Waals surface area (Å²) in [5.41, 5.74) is 5.73. The largest absolute Gasteiger partial charge is 0.497 e. The van der Waals surface area contributed by atoms with Crippen molar-refractivity contribution in [2.75, 3.05) is 81.6 Å². The lowest BCUT2D eigenvalue weighted by Crippen LogP contribution is -2.43. The fraction of sp³-hybridized carbons (Fsp3) is 0.282. The summed E-state index contributed by atoms with van der Waals surface area (Å²) in [7, 11) is 9.39. The lowest BCUT2D eigenvalue weighted by atomic mass is 10.1. The van der Waals surface area contributed by atoms with Gasteiger partial charge in [0.1, 0.15) is 17.2 Å². The molecular weight excluding hydrogens is 644 g/mol. The molecule has 0 aliphatic carbocycles. The number of para-hydroxylation sites is 1. The van der Waals surface area contributed by atoms with Crippen molar-refractivity contribution >= 4 is 45.6 Å². The number of hydrogen-bond donors (Lipinski definition) is 1. The number of anilines is 5. The molecule has 0 saturated carbocycles. The molecule has 2 aromatic heterocycles. The number of ether oxygens (including phenoxy) is 2. The van der Waals surface area contributed by atoms with Crippen molar-refractivity contribution in [2.24, 2.45) is 0 Å². The molecule has 1 amide bonds. The van der Waals surface area contributed by atoms with E-state index in [9.17, 15) is 9.59 Å². The highest BCUT2D eigenvalue weighted by Gasteiger charge is 2.30. The Morgan fingerprint density at radius 2 is 1.76 bits per heavy atom. The summed E-state index contributed by atoms with van der Waals surface area (Å²) in [5.74, 6) is 1.54. The summed E-state index contributed by atoms with van der Waals surface area (Å²) in [6.07, 6.45) is 3.05. The number of amides is 1. The van der Waals surface area contributed by atoms with Gasteiger partial charge in [-0.05, 0) is 81.2 Å².